The van der Waals surface area contributed by atoms with Gasteiger partial charge in [-0.25, -0.2) is 8.78 Å². The minimum absolute atomic E-state index is 0.167. The number of carboxylic acid groups (broad SMARTS) is 1. The third kappa shape index (κ3) is 4.60. The van der Waals surface area contributed by atoms with Crippen LogP contribution in [0.15, 0.2) is 24.3 Å². The van der Waals surface area contributed by atoms with Crippen molar-refractivity contribution in [2.45, 2.75) is 37.1 Å². The predicted molar refractivity (Wildman–Crippen MR) is 92.6 cm³/mol. The van der Waals surface area contributed by atoms with Gasteiger partial charge in [0.2, 0.25) is 11.8 Å². The topological polar surface area (TPSA) is 98.7 Å². The maximum Gasteiger partial charge on any atom is 0.317 e. The van der Waals surface area contributed by atoms with Crippen LogP contribution in [0.1, 0.15) is 30.7 Å². The lowest BCUT2D eigenvalue weighted by Crippen LogP contribution is -2.48. The summed E-state index contributed by atoms with van der Waals surface area (Å²) in [6.07, 6.45) is 0.801. The molecule has 3 N–H and O–H groups in total. The predicted octanol–water partition coefficient (Wildman–Crippen LogP) is 1.41. The molecule has 2 atom stereocenters. The van der Waals surface area contributed by atoms with E-state index in [9.17, 15) is 23.2 Å². The molecule has 2 saturated heterocycles. The maximum absolute atomic E-state index is 14.5. The minimum Gasteiger partial charge on any atom is -0.480 e. The fourth-order valence-electron chi connectivity index (χ4n) is 3.59. The number of anilines is 1. The zero-order valence-electron chi connectivity index (χ0n) is 14.6. The van der Waals surface area contributed by atoms with E-state index in [0.29, 0.717) is 24.2 Å². The maximum atomic E-state index is 14.5. The van der Waals surface area contributed by atoms with Crippen LogP contribution in [0.5, 0.6) is 0 Å². The van der Waals surface area contributed by atoms with E-state index in [-0.39, 0.29) is 18.7 Å². The lowest BCUT2D eigenvalue weighted by atomic mass is 9.86. The van der Waals surface area contributed by atoms with Gasteiger partial charge < -0.3 is 10.4 Å². The number of nitrogens with zero attached hydrogens (tertiary/aromatic N) is 1. The van der Waals surface area contributed by atoms with Gasteiger partial charge in [-0.3, -0.25) is 24.6 Å². The Bertz CT molecular complexity index is 739. The number of likely N-dealkylation sites (tertiary alicyclic amines) is 1. The minimum atomic E-state index is -3.02. The molecule has 2 aliphatic rings. The lowest BCUT2D eigenvalue weighted by molar-refractivity contribution is -0.142. The number of piperidine rings is 2. The summed E-state index contributed by atoms with van der Waals surface area (Å²) in [6.45, 7) is -0.680. The number of rotatable bonds is 5. The Morgan fingerprint density at radius 3 is 2.56 bits per heavy atom. The summed E-state index contributed by atoms with van der Waals surface area (Å²) in [5.41, 5.74) is 1.09. The van der Waals surface area contributed by atoms with Gasteiger partial charge in [-0.2, -0.15) is 0 Å². The van der Waals surface area contributed by atoms with Crippen LogP contribution in [0.25, 0.3) is 0 Å². The van der Waals surface area contributed by atoms with Crippen LogP contribution in [0.3, 0.4) is 0 Å². The molecular formula is C18H21F2N3O4. The second-order valence-electron chi connectivity index (χ2n) is 6.98. The highest BCUT2D eigenvalue weighted by Gasteiger charge is 2.45. The highest BCUT2D eigenvalue weighted by molar-refractivity contribution is 6.01. The van der Waals surface area contributed by atoms with E-state index in [1.807, 2.05) is 0 Å². The second-order valence-corrected chi connectivity index (χ2v) is 6.98. The smallest absolute Gasteiger partial charge is 0.317 e. The largest absolute Gasteiger partial charge is 0.480 e. The molecule has 1 unspecified atom stereocenters. The molecule has 0 radical (unpaired) electrons. The second kappa shape index (κ2) is 7.59. The molecule has 0 saturated carbocycles. The van der Waals surface area contributed by atoms with Crippen LogP contribution in [-0.4, -0.2) is 59.4 Å². The van der Waals surface area contributed by atoms with Crippen molar-refractivity contribution in [3.05, 3.63) is 29.8 Å². The van der Waals surface area contributed by atoms with Gasteiger partial charge in [0.05, 0.1) is 19.0 Å². The summed E-state index contributed by atoms with van der Waals surface area (Å²) in [5.74, 6) is -5.82. The molecule has 0 aliphatic carbocycles. The Balaban J connectivity index is 1.64. The Labute approximate surface area is 154 Å². The number of carbonyl (C=O) groups is 3. The molecule has 1 aromatic carbocycles. The van der Waals surface area contributed by atoms with E-state index in [0.717, 1.165) is 0 Å². The Morgan fingerprint density at radius 1 is 1.26 bits per heavy atom. The standard InChI is InChI=1S/C18H21F2N3O4/c19-18(20)10-23(9-16(25)26)8-7-13(18)11-1-3-12(4-2-11)21-14-5-6-15(24)22-17(14)27/h1-4,13-14,21H,5-10H2,(H,25,26)(H,22,24,27)/t13-,14?/m0/s1. The lowest BCUT2D eigenvalue weighted by Gasteiger charge is -2.38. The number of hydrogen-bond acceptors (Lipinski definition) is 5. The van der Waals surface area contributed by atoms with Crippen molar-refractivity contribution in [3.63, 3.8) is 0 Å². The van der Waals surface area contributed by atoms with Crippen molar-refractivity contribution in [1.82, 2.24) is 10.2 Å². The highest BCUT2D eigenvalue weighted by atomic mass is 19.3. The van der Waals surface area contributed by atoms with Crippen LogP contribution in [-0.2, 0) is 14.4 Å². The summed E-state index contributed by atoms with van der Waals surface area (Å²) in [5, 5.41) is 14.0. The summed E-state index contributed by atoms with van der Waals surface area (Å²) >= 11 is 0. The van der Waals surface area contributed by atoms with Crippen LogP contribution >= 0.6 is 0 Å². The van der Waals surface area contributed by atoms with Crippen molar-refractivity contribution < 1.29 is 28.3 Å². The van der Waals surface area contributed by atoms with Crippen LogP contribution in [0.2, 0.25) is 0 Å². The zero-order chi connectivity index (χ0) is 19.6. The fourth-order valence-corrected chi connectivity index (χ4v) is 3.59. The van der Waals surface area contributed by atoms with E-state index in [1.54, 1.807) is 24.3 Å². The normalized spacial score (nSPS) is 25.7. The van der Waals surface area contributed by atoms with Gasteiger partial charge in [-0.05, 0) is 37.1 Å². The van der Waals surface area contributed by atoms with Gasteiger partial charge in [-0.1, -0.05) is 12.1 Å². The first-order valence-electron chi connectivity index (χ1n) is 8.77. The number of carbonyl (C=O) groups excluding carboxylic acids is 2. The van der Waals surface area contributed by atoms with Gasteiger partial charge in [0.25, 0.3) is 5.92 Å². The van der Waals surface area contributed by atoms with E-state index >= 15 is 0 Å². The molecule has 1 aromatic rings. The fraction of sp³-hybridized carbons (Fsp3) is 0.500. The molecule has 27 heavy (non-hydrogen) atoms. The van der Waals surface area contributed by atoms with Gasteiger partial charge in [0.1, 0.15) is 6.04 Å². The number of halogens is 2. The molecule has 2 fully saturated rings. The molecule has 2 aliphatic heterocycles. The molecule has 2 amide bonds. The molecule has 9 heteroatoms. The van der Waals surface area contributed by atoms with Crippen molar-refractivity contribution in [3.8, 4) is 0 Å². The number of carboxylic acids is 1. The molecular weight excluding hydrogens is 360 g/mol. The molecule has 7 nitrogen and oxygen atoms in total. The summed E-state index contributed by atoms with van der Waals surface area (Å²) in [4.78, 5) is 34.9. The van der Waals surface area contributed by atoms with Crippen molar-refractivity contribution in [2.75, 3.05) is 25.0 Å². The monoisotopic (exact) mass is 381 g/mol. The number of imide groups is 1. The summed E-state index contributed by atoms with van der Waals surface area (Å²) < 4.78 is 29.0. The molecule has 0 spiro atoms. The molecule has 2 heterocycles. The molecule has 0 aromatic heterocycles. The average Bonchev–Trinajstić information content (AvgIpc) is 2.57. The Kier molecular flexibility index (Phi) is 5.41. The van der Waals surface area contributed by atoms with Gasteiger partial charge in [0, 0.05) is 12.1 Å². The van der Waals surface area contributed by atoms with Crippen molar-refractivity contribution in [2.24, 2.45) is 0 Å². The zero-order valence-corrected chi connectivity index (χ0v) is 14.6. The third-order valence-electron chi connectivity index (χ3n) is 4.93. The summed E-state index contributed by atoms with van der Waals surface area (Å²) in [7, 11) is 0. The number of aliphatic carboxylic acids is 1. The van der Waals surface area contributed by atoms with Crippen LogP contribution < -0.4 is 10.6 Å². The molecule has 3 rings (SSSR count). The van der Waals surface area contributed by atoms with Gasteiger partial charge in [0.15, 0.2) is 0 Å². The van der Waals surface area contributed by atoms with Crippen LogP contribution in [0.4, 0.5) is 14.5 Å². The highest BCUT2D eigenvalue weighted by Crippen LogP contribution is 2.40. The van der Waals surface area contributed by atoms with Crippen LogP contribution in [0, 0.1) is 0 Å². The number of benzene rings is 1. The number of hydrogen-bond donors (Lipinski definition) is 3. The summed E-state index contributed by atoms with van der Waals surface area (Å²) in [6, 6.07) is 5.94. The van der Waals surface area contributed by atoms with E-state index in [4.69, 9.17) is 5.11 Å². The van der Waals surface area contributed by atoms with Gasteiger partial charge in [-0.15, -0.1) is 0 Å². The van der Waals surface area contributed by atoms with E-state index < -0.39 is 42.8 Å². The quantitative estimate of drug-likeness (QED) is 0.667. The van der Waals surface area contributed by atoms with Gasteiger partial charge >= 0.3 is 5.97 Å². The van der Waals surface area contributed by atoms with E-state index in [2.05, 4.69) is 10.6 Å². The first-order chi connectivity index (χ1) is 12.7. The van der Waals surface area contributed by atoms with Crippen molar-refractivity contribution in [1.29, 1.82) is 0 Å². The van der Waals surface area contributed by atoms with Crippen molar-refractivity contribution >= 4 is 23.5 Å². The number of alkyl halides is 2. The first-order valence-corrected chi connectivity index (χ1v) is 8.77. The Hall–Kier alpha value is -2.55. The third-order valence-corrected chi connectivity index (χ3v) is 4.93. The molecule has 146 valence electrons. The SMILES string of the molecule is O=C(O)CN1CC[C@@H](c2ccc(NC3CCC(=O)NC3=O)cc2)C(F)(F)C1. The average molecular weight is 381 g/mol. The molecule has 0 bridgehead atoms. The first kappa shape index (κ1) is 19.2. The van der Waals surface area contributed by atoms with E-state index in [1.165, 1.54) is 4.90 Å². The Morgan fingerprint density at radius 2 is 1.96 bits per heavy atom. The number of nitrogens with one attached hydrogen (secondary N) is 2. The number of amides is 2.